The molecule has 0 saturated carbocycles. The molecule has 1 unspecified atom stereocenters. The number of nitrogens with one attached hydrogen (secondary N) is 2. The van der Waals surface area contributed by atoms with Crippen molar-refractivity contribution in [2.75, 3.05) is 23.4 Å². The fraction of sp³-hybridized carbons (Fsp3) is 0.300. The van der Waals surface area contributed by atoms with E-state index in [-0.39, 0.29) is 24.0 Å². The van der Waals surface area contributed by atoms with Gasteiger partial charge in [0.05, 0.1) is 0 Å². The highest BCUT2D eigenvalue weighted by molar-refractivity contribution is 9.10. The standard InChI is InChI=1S/C20H17BrF4N4OS/c21-13-2-1-3-15(17(13)16-10-31-7-6-26-16)27-9-12-5-4-11(8-14(12)22)18-28-29-19(30-18)20(23,24)25/h1-5,8,16,26-27H,6-7,9-10H2. The Morgan fingerprint density at radius 1 is 1.23 bits per heavy atom. The summed E-state index contributed by atoms with van der Waals surface area (Å²) in [7, 11) is 0. The Bertz CT molecular complexity index is 1070. The number of thioether (sulfide) groups is 1. The van der Waals surface area contributed by atoms with E-state index in [4.69, 9.17) is 0 Å². The maximum absolute atomic E-state index is 14.6. The quantitative estimate of drug-likeness (QED) is 0.427. The molecule has 1 aliphatic rings. The molecule has 2 aromatic carbocycles. The Labute approximate surface area is 188 Å². The highest BCUT2D eigenvalue weighted by Crippen LogP contribution is 2.35. The van der Waals surface area contributed by atoms with Crippen molar-refractivity contribution in [1.29, 1.82) is 0 Å². The van der Waals surface area contributed by atoms with E-state index in [2.05, 4.69) is 41.2 Å². The van der Waals surface area contributed by atoms with Crippen LogP contribution in [0.15, 0.2) is 45.3 Å². The van der Waals surface area contributed by atoms with Gasteiger partial charge >= 0.3 is 12.1 Å². The van der Waals surface area contributed by atoms with E-state index in [1.54, 1.807) is 0 Å². The number of benzene rings is 2. The predicted molar refractivity (Wildman–Crippen MR) is 114 cm³/mol. The molecule has 0 radical (unpaired) electrons. The number of rotatable bonds is 5. The Kier molecular flexibility index (Phi) is 6.54. The molecule has 4 rings (SSSR count). The van der Waals surface area contributed by atoms with E-state index >= 15 is 0 Å². The van der Waals surface area contributed by atoms with Crippen LogP contribution in [0.1, 0.15) is 23.1 Å². The number of anilines is 1. The number of hydrogen-bond donors (Lipinski definition) is 2. The van der Waals surface area contributed by atoms with Crippen molar-refractivity contribution in [3.05, 3.63) is 63.7 Å². The smallest absolute Gasteiger partial charge is 0.413 e. The van der Waals surface area contributed by atoms with Crippen LogP contribution in [0.3, 0.4) is 0 Å². The van der Waals surface area contributed by atoms with Crippen LogP contribution in [0.2, 0.25) is 0 Å². The number of aromatic nitrogens is 2. The molecule has 1 aliphatic heterocycles. The van der Waals surface area contributed by atoms with Gasteiger partial charge in [-0.25, -0.2) is 4.39 Å². The first-order chi connectivity index (χ1) is 14.8. The molecule has 1 atom stereocenters. The van der Waals surface area contributed by atoms with Gasteiger partial charge < -0.3 is 15.1 Å². The Balaban J connectivity index is 1.51. The number of nitrogens with zero attached hydrogens (tertiary/aromatic N) is 2. The SMILES string of the molecule is Fc1cc(-c2nnc(C(F)(F)F)o2)ccc1CNc1cccc(Br)c1C1CSCCN1. The molecule has 1 fully saturated rings. The first-order valence-electron chi connectivity index (χ1n) is 9.36. The summed E-state index contributed by atoms with van der Waals surface area (Å²) in [6.45, 7) is 1.12. The molecule has 1 aromatic heterocycles. The van der Waals surface area contributed by atoms with Gasteiger partial charge in [-0.3, -0.25) is 0 Å². The molecular formula is C20H17BrF4N4OS. The summed E-state index contributed by atoms with van der Waals surface area (Å²) < 4.78 is 58.1. The second-order valence-corrected chi connectivity index (χ2v) is 8.86. The van der Waals surface area contributed by atoms with Crippen LogP contribution in [0.25, 0.3) is 11.5 Å². The lowest BCUT2D eigenvalue weighted by Crippen LogP contribution is -2.31. The topological polar surface area (TPSA) is 63.0 Å². The monoisotopic (exact) mass is 516 g/mol. The number of alkyl halides is 3. The average molecular weight is 517 g/mol. The van der Waals surface area contributed by atoms with E-state index in [1.165, 1.54) is 12.1 Å². The van der Waals surface area contributed by atoms with Crippen molar-refractivity contribution in [3.63, 3.8) is 0 Å². The van der Waals surface area contributed by atoms with Gasteiger partial charge in [-0.2, -0.15) is 24.9 Å². The molecule has 31 heavy (non-hydrogen) atoms. The fourth-order valence-electron chi connectivity index (χ4n) is 3.26. The van der Waals surface area contributed by atoms with Gasteiger partial charge in [0, 0.05) is 57.5 Å². The van der Waals surface area contributed by atoms with Crippen molar-refractivity contribution in [3.8, 4) is 11.5 Å². The highest BCUT2D eigenvalue weighted by Gasteiger charge is 2.38. The maximum Gasteiger partial charge on any atom is 0.470 e. The van der Waals surface area contributed by atoms with Crippen LogP contribution in [0.5, 0.6) is 0 Å². The molecule has 0 aliphatic carbocycles. The summed E-state index contributed by atoms with van der Waals surface area (Å²) in [6, 6.07) is 10.0. The molecule has 3 aromatic rings. The molecular weight excluding hydrogens is 500 g/mol. The predicted octanol–water partition coefficient (Wildman–Crippen LogP) is 5.65. The van der Waals surface area contributed by atoms with Crippen molar-refractivity contribution in [2.24, 2.45) is 0 Å². The Morgan fingerprint density at radius 2 is 2.06 bits per heavy atom. The summed E-state index contributed by atoms with van der Waals surface area (Å²) in [6.07, 6.45) is -4.75. The summed E-state index contributed by atoms with van der Waals surface area (Å²) in [5, 5.41) is 13.1. The first-order valence-corrected chi connectivity index (χ1v) is 11.3. The van der Waals surface area contributed by atoms with Gasteiger partial charge in [-0.15, -0.1) is 10.2 Å². The van der Waals surface area contributed by atoms with E-state index in [0.717, 1.165) is 39.8 Å². The third-order valence-electron chi connectivity index (χ3n) is 4.76. The van der Waals surface area contributed by atoms with Crippen LogP contribution in [-0.4, -0.2) is 28.2 Å². The minimum Gasteiger partial charge on any atom is -0.413 e. The van der Waals surface area contributed by atoms with Crippen molar-refractivity contribution < 1.29 is 22.0 Å². The Hall–Kier alpha value is -2.11. The zero-order chi connectivity index (χ0) is 22.0. The van der Waals surface area contributed by atoms with Gasteiger partial charge in [0.1, 0.15) is 5.82 Å². The van der Waals surface area contributed by atoms with E-state index in [0.29, 0.717) is 5.56 Å². The molecule has 2 heterocycles. The Morgan fingerprint density at radius 3 is 2.74 bits per heavy atom. The van der Waals surface area contributed by atoms with Crippen molar-refractivity contribution in [2.45, 2.75) is 18.8 Å². The van der Waals surface area contributed by atoms with Crippen LogP contribution >= 0.6 is 27.7 Å². The molecule has 0 amide bonds. The third kappa shape index (κ3) is 5.04. The van der Waals surface area contributed by atoms with Gasteiger partial charge in [-0.1, -0.05) is 28.1 Å². The van der Waals surface area contributed by atoms with Crippen molar-refractivity contribution >= 4 is 33.4 Å². The second-order valence-electron chi connectivity index (χ2n) is 6.85. The van der Waals surface area contributed by atoms with E-state index < -0.39 is 17.9 Å². The fourth-order valence-corrected chi connectivity index (χ4v) is 4.86. The van der Waals surface area contributed by atoms with Crippen LogP contribution in [-0.2, 0) is 12.7 Å². The zero-order valence-electron chi connectivity index (χ0n) is 16.0. The van der Waals surface area contributed by atoms with Gasteiger partial charge in [0.25, 0.3) is 0 Å². The van der Waals surface area contributed by atoms with Crippen LogP contribution < -0.4 is 10.6 Å². The molecule has 164 valence electrons. The third-order valence-corrected chi connectivity index (χ3v) is 6.51. The van der Waals surface area contributed by atoms with Crippen LogP contribution in [0.4, 0.5) is 23.2 Å². The molecule has 11 heteroatoms. The van der Waals surface area contributed by atoms with Crippen molar-refractivity contribution in [1.82, 2.24) is 15.5 Å². The van der Waals surface area contributed by atoms with Crippen LogP contribution in [0, 0.1) is 5.82 Å². The lowest BCUT2D eigenvalue weighted by atomic mass is 10.0. The minimum absolute atomic E-state index is 0.0795. The largest absolute Gasteiger partial charge is 0.470 e. The molecule has 5 nitrogen and oxygen atoms in total. The second kappa shape index (κ2) is 9.17. The maximum atomic E-state index is 14.6. The lowest BCUT2D eigenvalue weighted by Gasteiger charge is -2.27. The van der Waals surface area contributed by atoms with Gasteiger partial charge in [0.15, 0.2) is 0 Å². The van der Waals surface area contributed by atoms with Gasteiger partial charge in [0.2, 0.25) is 5.89 Å². The molecule has 0 spiro atoms. The minimum atomic E-state index is -4.75. The molecule has 0 bridgehead atoms. The average Bonchev–Trinajstić information content (AvgIpc) is 3.24. The highest BCUT2D eigenvalue weighted by atomic mass is 79.9. The number of halogens is 5. The number of hydrogen-bond acceptors (Lipinski definition) is 6. The molecule has 2 N–H and O–H groups in total. The lowest BCUT2D eigenvalue weighted by molar-refractivity contribution is -0.156. The first kappa shape index (κ1) is 22.1. The summed E-state index contributed by atoms with van der Waals surface area (Å²) in [5.74, 6) is -0.443. The van der Waals surface area contributed by atoms with E-state index in [9.17, 15) is 17.6 Å². The van der Waals surface area contributed by atoms with Gasteiger partial charge in [-0.05, 0) is 24.3 Å². The zero-order valence-corrected chi connectivity index (χ0v) is 18.4. The summed E-state index contributed by atoms with van der Waals surface area (Å²) in [5.41, 5.74) is 2.40. The molecule has 1 saturated heterocycles. The normalized spacial score (nSPS) is 17.0. The summed E-state index contributed by atoms with van der Waals surface area (Å²) in [4.78, 5) is 0. The van der Waals surface area contributed by atoms with E-state index in [1.807, 2.05) is 30.0 Å². The summed E-state index contributed by atoms with van der Waals surface area (Å²) >= 11 is 5.48.